The van der Waals surface area contributed by atoms with Crippen molar-refractivity contribution in [3.63, 3.8) is 0 Å². The van der Waals surface area contributed by atoms with E-state index in [1.165, 1.54) is 0 Å². The summed E-state index contributed by atoms with van der Waals surface area (Å²) < 4.78 is 0. The maximum atomic E-state index is 12.4. The summed E-state index contributed by atoms with van der Waals surface area (Å²) in [5.74, 6) is -0.310. The quantitative estimate of drug-likeness (QED) is 0.629. The molecule has 2 aromatic rings. The number of nitrogens with one attached hydrogen (secondary N) is 1. The van der Waals surface area contributed by atoms with Crippen molar-refractivity contribution in [2.45, 2.75) is 19.8 Å². The van der Waals surface area contributed by atoms with Gasteiger partial charge in [-0.05, 0) is 18.6 Å². The van der Waals surface area contributed by atoms with Crippen LogP contribution in [0.3, 0.4) is 0 Å². The molecule has 0 saturated heterocycles. The maximum absolute atomic E-state index is 12.4. The van der Waals surface area contributed by atoms with Gasteiger partial charge in [0, 0.05) is 36.3 Å². The first-order chi connectivity index (χ1) is 11.6. The van der Waals surface area contributed by atoms with Gasteiger partial charge in [-0.3, -0.25) is 4.79 Å². The van der Waals surface area contributed by atoms with E-state index in [1.54, 1.807) is 36.5 Å². The Morgan fingerprint density at radius 2 is 2.00 bits per heavy atom. The minimum Gasteiger partial charge on any atom is -0.507 e. The van der Waals surface area contributed by atoms with Crippen LogP contribution < -0.4 is 5.32 Å². The Morgan fingerprint density at radius 3 is 2.71 bits per heavy atom. The predicted molar refractivity (Wildman–Crippen MR) is 95.5 cm³/mol. The van der Waals surface area contributed by atoms with Crippen molar-refractivity contribution < 1.29 is 9.90 Å². The molecule has 5 nitrogen and oxygen atoms in total. The Kier molecular flexibility index (Phi) is 5.80. The molecule has 24 heavy (non-hydrogen) atoms. The molecule has 0 unspecified atom stereocenters. The molecule has 0 aliphatic carbocycles. The van der Waals surface area contributed by atoms with Crippen molar-refractivity contribution in [3.8, 4) is 11.8 Å². The number of nitriles is 1. The Bertz CT molecular complexity index is 806. The summed E-state index contributed by atoms with van der Waals surface area (Å²) in [6.45, 7) is 2.88. The summed E-state index contributed by atoms with van der Waals surface area (Å²) in [6, 6.07) is 12.3. The molecular formula is C19H21N3O2. The van der Waals surface area contributed by atoms with Crippen molar-refractivity contribution in [1.29, 1.82) is 5.26 Å². The average Bonchev–Trinajstić information content (AvgIpc) is 2.58. The van der Waals surface area contributed by atoms with E-state index in [-0.39, 0.29) is 11.3 Å². The van der Waals surface area contributed by atoms with E-state index in [0.29, 0.717) is 11.1 Å². The number of carbonyl (C=O) groups excluding carboxylic acids is 1. The van der Waals surface area contributed by atoms with Crippen LogP contribution in [0.5, 0.6) is 5.75 Å². The predicted octanol–water partition coefficient (Wildman–Crippen LogP) is 3.62. The number of unbranched alkanes of at least 4 members (excludes halogenated alkanes) is 1. The summed E-state index contributed by atoms with van der Waals surface area (Å²) in [6.07, 6.45) is 3.61. The van der Waals surface area contributed by atoms with E-state index in [9.17, 15) is 15.2 Å². The Morgan fingerprint density at radius 1 is 1.29 bits per heavy atom. The lowest BCUT2D eigenvalue weighted by Gasteiger charge is -2.14. The molecule has 2 N–H and O–H groups in total. The van der Waals surface area contributed by atoms with Crippen LogP contribution in [0.2, 0.25) is 0 Å². The van der Waals surface area contributed by atoms with Crippen molar-refractivity contribution in [1.82, 2.24) is 4.90 Å². The van der Waals surface area contributed by atoms with Crippen LogP contribution in [-0.2, 0) is 4.79 Å². The summed E-state index contributed by atoms with van der Waals surface area (Å²) in [7, 11) is 1.84. The number of fused-ring (bicyclic) bond motifs is 1. The minimum absolute atomic E-state index is 0.0470. The second-order valence-electron chi connectivity index (χ2n) is 5.62. The normalized spacial score (nSPS) is 11.1. The lowest BCUT2D eigenvalue weighted by molar-refractivity contribution is -0.112. The minimum atomic E-state index is -0.461. The molecule has 2 rings (SSSR count). The molecular weight excluding hydrogens is 302 g/mol. The summed E-state index contributed by atoms with van der Waals surface area (Å²) in [5, 5.41) is 23.3. The van der Waals surface area contributed by atoms with Crippen molar-refractivity contribution >= 4 is 22.4 Å². The topological polar surface area (TPSA) is 76.4 Å². The molecule has 0 aliphatic heterocycles. The lowest BCUT2D eigenvalue weighted by Crippen LogP contribution is -2.19. The average molecular weight is 323 g/mol. The van der Waals surface area contributed by atoms with Crippen LogP contribution in [0.4, 0.5) is 5.69 Å². The van der Waals surface area contributed by atoms with Gasteiger partial charge in [-0.1, -0.05) is 37.6 Å². The molecule has 0 heterocycles. The van der Waals surface area contributed by atoms with E-state index >= 15 is 0 Å². The number of phenols is 1. The number of benzene rings is 2. The molecule has 0 fully saturated rings. The van der Waals surface area contributed by atoms with Gasteiger partial charge >= 0.3 is 0 Å². The molecule has 0 spiro atoms. The maximum Gasteiger partial charge on any atom is 0.267 e. The number of carbonyl (C=O) groups is 1. The number of hydrogen-bond donors (Lipinski definition) is 2. The number of hydrogen-bond acceptors (Lipinski definition) is 4. The van der Waals surface area contributed by atoms with Crippen LogP contribution in [0.15, 0.2) is 48.2 Å². The first-order valence-electron chi connectivity index (χ1n) is 7.91. The Labute approximate surface area is 141 Å². The number of anilines is 1. The van der Waals surface area contributed by atoms with Crippen LogP contribution in [0, 0.1) is 11.3 Å². The van der Waals surface area contributed by atoms with Crippen molar-refractivity contribution in [2.24, 2.45) is 0 Å². The first kappa shape index (κ1) is 17.4. The SMILES string of the molecule is CCCCN(C)/C=C(/C#N)C(=O)Nc1cccc2c(O)cccc12. The lowest BCUT2D eigenvalue weighted by atomic mass is 10.1. The van der Waals surface area contributed by atoms with E-state index in [0.717, 1.165) is 24.8 Å². The third-order valence-corrected chi connectivity index (χ3v) is 3.73. The molecule has 0 bridgehead atoms. The zero-order valence-corrected chi connectivity index (χ0v) is 13.9. The number of rotatable bonds is 6. The first-order valence-corrected chi connectivity index (χ1v) is 7.91. The van der Waals surface area contributed by atoms with E-state index in [2.05, 4.69) is 12.2 Å². The van der Waals surface area contributed by atoms with Crippen LogP contribution in [0.1, 0.15) is 19.8 Å². The molecule has 0 saturated carbocycles. The van der Waals surface area contributed by atoms with Gasteiger partial charge in [0.05, 0.1) is 0 Å². The summed E-state index contributed by atoms with van der Waals surface area (Å²) in [5.41, 5.74) is 0.608. The standard InChI is InChI=1S/C19H21N3O2/c1-3-4-11-22(2)13-14(12-20)19(24)21-17-9-5-8-16-15(17)7-6-10-18(16)23/h5-10,13,23H,3-4,11H2,1-2H3,(H,21,24)/b14-13-. The van der Waals surface area contributed by atoms with E-state index < -0.39 is 5.91 Å². The van der Waals surface area contributed by atoms with Gasteiger partial charge in [-0.25, -0.2) is 0 Å². The number of aromatic hydroxyl groups is 1. The second kappa shape index (κ2) is 8.02. The van der Waals surface area contributed by atoms with Gasteiger partial charge in [0.2, 0.25) is 0 Å². The van der Waals surface area contributed by atoms with Gasteiger partial charge in [-0.2, -0.15) is 5.26 Å². The Balaban J connectivity index is 2.24. The molecule has 1 amide bonds. The highest BCUT2D eigenvalue weighted by Crippen LogP contribution is 2.29. The van der Waals surface area contributed by atoms with Crippen molar-refractivity contribution in [2.75, 3.05) is 18.9 Å². The van der Waals surface area contributed by atoms with Crippen LogP contribution in [-0.4, -0.2) is 29.5 Å². The van der Waals surface area contributed by atoms with Gasteiger partial charge < -0.3 is 15.3 Å². The van der Waals surface area contributed by atoms with Crippen LogP contribution in [0.25, 0.3) is 10.8 Å². The monoisotopic (exact) mass is 323 g/mol. The number of phenolic OH excluding ortho intramolecular Hbond substituents is 1. The molecule has 5 heteroatoms. The molecule has 124 valence electrons. The van der Waals surface area contributed by atoms with E-state index in [4.69, 9.17) is 0 Å². The van der Waals surface area contributed by atoms with Gasteiger partial charge in [-0.15, -0.1) is 0 Å². The zero-order chi connectivity index (χ0) is 17.5. The summed E-state index contributed by atoms with van der Waals surface area (Å²) in [4.78, 5) is 14.2. The molecule has 0 atom stereocenters. The third-order valence-electron chi connectivity index (χ3n) is 3.73. The fourth-order valence-corrected chi connectivity index (χ4v) is 2.42. The molecule has 2 aromatic carbocycles. The highest BCUT2D eigenvalue weighted by Gasteiger charge is 2.12. The Hall–Kier alpha value is -3.00. The third kappa shape index (κ3) is 4.05. The highest BCUT2D eigenvalue weighted by atomic mass is 16.3. The molecule has 0 aromatic heterocycles. The van der Waals surface area contributed by atoms with Gasteiger partial charge in [0.25, 0.3) is 5.91 Å². The van der Waals surface area contributed by atoms with Gasteiger partial charge in [0.1, 0.15) is 17.4 Å². The smallest absolute Gasteiger partial charge is 0.267 e. The largest absolute Gasteiger partial charge is 0.507 e. The fourth-order valence-electron chi connectivity index (χ4n) is 2.42. The zero-order valence-electron chi connectivity index (χ0n) is 13.9. The summed E-state index contributed by atoms with van der Waals surface area (Å²) >= 11 is 0. The fraction of sp³-hybridized carbons (Fsp3) is 0.263. The molecule has 0 radical (unpaired) electrons. The van der Waals surface area contributed by atoms with E-state index in [1.807, 2.05) is 24.1 Å². The number of nitrogens with zero attached hydrogens (tertiary/aromatic N) is 2. The number of amides is 1. The highest BCUT2D eigenvalue weighted by molar-refractivity contribution is 6.11. The van der Waals surface area contributed by atoms with Gasteiger partial charge in [0.15, 0.2) is 0 Å². The second-order valence-corrected chi connectivity index (χ2v) is 5.62. The van der Waals surface area contributed by atoms with Crippen LogP contribution >= 0.6 is 0 Å². The molecule has 0 aliphatic rings. The van der Waals surface area contributed by atoms with Crippen molar-refractivity contribution in [3.05, 3.63) is 48.2 Å².